The van der Waals surface area contributed by atoms with E-state index in [9.17, 15) is 9.59 Å². The van der Waals surface area contributed by atoms with E-state index in [0.29, 0.717) is 51.9 Å². The van der Waals surface area contributed by atoms with Crippen LogP contribution in [0.5, 0.6) is 0 Å². The van der Waals surface area contributed by atoms with Gasteiger partial charge in [-0.2, -0.15) is 5.26 Å². The first-order chi connectivity index (χ1) is 15.7. The highest BCUT2D eigenvalue weighted by atomic mass is 35.5. The highest BCUT2D eigenvalue weighted by Gasteiger charge is 2.59. The number of rotatable bonds is 5. The Balaban J connectivity index is 1.86. The van der Waals surface area contributed by atoms with Crippen molar-refractivity contribution in [2.75, 3.05) is 20.7 Å². The molecule has 4 rings (SSSR count). The van der Waals surface area contributed by atoms with Crippen LogP contribution in [0.15, 0.2) is 48.2 Å². The Morgan fingerprint density at radius 2 is 1.88 bits per heavy atom. The molecule has 33 heavy (non-hydrogen) atoms. The number of nitriles is 1. The standard InChI is InChI=1S/C25H23Cl2N3O3/c1-15(31)29(2)21-12-25(11-16-4-6-17(13-28)7-5-16)23(33-3)22(24(32)30(25)14-21)18-8-19(26)10-20(27)9-18/h4-10,21H,11-12,14H2,1-3H3/t21-,25+/m0/s1. The molecule has 170 valence electrons. The van der Waals surface area contributed by atoms with Crippen molar-refractivity contribution < 1.29 is 14.3 Å². The highest BCUT2D eigenvalue weighted by molar-refractivity contribution is 6.35. The van der Waals surface area contributed by atoms with Crippen LogP contribution in [-0.2, 0) is 20.7 Å². The predicted octanol–water partition coefficient (Wildman–Crippen LogP) is 4.30. The molecular weight excluding hydrogens is 461 g/mol. The fourth-order valence-electron chi connectivity index (χ4n) is 4.95. The van der Waals surface area contributed by atoms with Crippen LogP contribution in [-0.4, -0.2) is 53.9 Å². The van der Waals surface area contributed by atoms with Crippen molar-refractivity contribution in [3.05, 3.63) is 75.0 Å². The normalized spacial score (nSPS) is 21.8. The molecule has 2 amide bonds. The quantitative estimate of drug-likeness (QED) is 0.635. The average molecular weight is 484 g/mol. The molecule has 0 spiro atoms. The molecule has 2 aromatic rings. The summed E-state index contributed by atoms with van der Waals surface area (Å²) in [5.41, 5.74) is 1.77. The van der Waals surface area contributed by atoms with E-state index in [1.54, 1.807) is 54.3 Å². The largest absolute Gasteiger partial charge is 0.498 e. The topological polar surface area (TPSA) is 73.6 Å². The molecule has 2 aliphatic heterocycles. The van der Waals surface area contributed by atoms with Gasteiger partial charge in [-0.1, -0.05) is 35.3 Å². The van der Waals surface area contributed by atoms with Gasteiger partial charge in [0, 0.05) is 43.4 Å². The second-order valence-electron chi connectivity index (χ2n) is 8.49. The SMILES string of the molecule is COC1=C(c2cc(Cl)cc(Cl)c2)C(=O)N2C[C@@H](N(C)C(C)=O)C[C@]12Cc1ccc(C#N)cc1. The Morgan fingerprint density at radius 1 is 1.24 bits per heavy atom. The lowest BCUT2D eigenvalue weighted by molar-refractivity contribution is -0.130. The highest BCUT2D eigenvalue weighted by Crippen LogP contribution is 2.50. The van der Waals surface area contributed by atoms with Gasteiger partial charge in [-0.25, -0.2) is 0 Å². The molecular formula is C25H23Cl2N3O3. The maximum atomic E-state index is 13.8. The number of fused-ring (bicyclic) bond motifs is 1. The van der Waals surface area contributed by atoms with Crippen molar-refractivity contribution >= 4 is 40.6 Å². The van der Waals surface area contributed by atoms with Crippen LogP contribution in [0.4, 0.5) is 0 Å². The van der Waals surface area contributed by atoms with E-state index in [0.717, 1.165) is 5.56 Å². The summed E-state index contributed by atoms with van der Waals surface area (Å²) >= 11 is 12.5. The smallest absolute Gasteiger partial charge is 0.258 e. The van der Waals surface area contributed by atoms with Gasteiger partial charge in [0.2, 0.25) is 5.91 Å². The number of nitrogens with zero attached hydrogens (tertiary/aromatic N) is 3. The summed E-state index contributed by atoms with van der Waals surface area (Å²) < 4.78 is 5.93. The first-order valence-corrected chi connectivity index (χ1v) is 11.3. The molecule has 0 N–H and O–H groups in total. The molecule has 0 unspecified atom stereocenters. The Bertz CT molecular complexity index is 1180. The van der Waals surface area contributed by atoms with E-state index in [1.807, 2.05) is 12.1 Å². The van der Waals surface area contributed by atoms with Crippen molar-refractivity contribution in [3.8, 4) is 6.07 Å². The van der Waals surface area contributed by atoms with Crippen LogP contribution >= 0.6 is 23.2 Å². The second kappa shape index (κ2) is 8.74. The summed E-state index contributed by atoms with van der Waals surface area (Å²) in [5, 5.41) is 9.99. The zero-order valence-electron chi connectivity index (χ0n) is 18.6. The minimum atomic E-state index is -0.779. The number of hydrogen-bond acceptors (Lipinski definition) is 4. The third-order valence-electron chi connectivity index (χ3n) is 6.57. The molecule has 6 nitrogen and oxygen atoms in total. The number of halogens is 2. The van der Waals surface area contributed by atoms with E-state index < -0.39 is 5.54 Å². The number of carbonyl (C=O) groups is 2. The van der Waals surface area contributed by atoms with Crippen molar-refractivity contribution in [1.29, 1.82) is 5.26 Å². The van der Waals surface area contributed by atoms with Gasteiger partial charge in [-0.15, -0.1) is 0 Å². The molecule has 2 heterocycles. The van der Waals surface area contributed by atoms with Crippen molar-refractivity contribution in [2.45, 2.75) is 31.3 Å². The summed E-state index contributed by atoms with van der Waals surface area (Å²) in [6.45, 7) is 1.90. The maximum Gasteiger partial charge on any atom is 0.258 e. The monoisotopic (exact) mass is 483 g/mol. The summed E-state index contributed by atoms with van der Waals surface area (Å²) in [6.07, 6.45) is 1.00. The number of likely N-dealkylation sites (N-methyl/N-ethyl adjacent to an activating group) is 1. The van der Waals surface area contributed by atoms with E-state index in [4.69, 9.17) is 33.2 Å². The number of methoxy groups -OCH3 is 1. The van der Waals surface area contributed by atoms with Gasteiger partial charge >= 0.3 is 0 Å². The van der Waals surface area contributed by atoms with Gasteiger partial charge in [0.15, 0.2) is 0 Å². The summed E-state index contributed by atoms with van der Waals surface area (Å²) in [4.78, 5) is 29.3. The molecule has 8 heteroatoms. The van der Waals surface area contributed by atoms with E-state index >= 15 is 0 Å². The van der Waals surface area contributed by atoms with Gasteiger partial charge in [-0.3, -0.25) is 9.59 Å². The minimum Gasteiger partial charge on any atom is -0.498 e. The predicted molar refractivity (Wildman–Crippen MR) is 127 cm³/mol. The first kappa shape index (κ1) is 23.2. The second-order valence-corrected chi connectivity index (χ2v) is 9.36. The Hall–Kier alpha value is -3.01. The number of carbonyl (C=O) groups excluding carboxylic acids is 2. The van der Waals surface area contributed by atoms with Crippen LogP contribution in [0.1, 0.15) is 30.0 Å². The number of amides is 2. The molecule has 2 atom stereocenters. The van der Waals surface area contributed by atoms with Gasteiger partial charge in [0.05, 0.1) is 30.4 Å². The van der Waals surface area contributed by atoms with E-state index in [1.165, 1.54) is 6.92 Å². The third-order valence-corrected chi connectivity index (χ3v) is 7.01. The molecule has 0 aliphatic carbocycles. The average Bonchev–Trinajstić information content (AvgIpc) is 3.25. The molecule has 1 saturated heterocycles. The fraction of sp³-hybridized carbons (Fsp3) is 0.320. The molecule has 2 aromatic carbocycles. The molecule has 0 saturated carbocycles. The number of ether oxygens (including phenoxy) is 1. The van der Waals surface area contributed by atoms with Crippen LogP contribution in [0.3, 0.4) is 0 Å². The van der Waals surface area contributed by atoms with Crippen molar-refractivity contribution in [2.24, 2.45) is 0 Å². The van der Waals surface area contributed by atoms with Gasteiger partial charge in [0.25, 0.3) is 5.91 Å². The zero-order chi connectivity index (χ0) is 23.9. The van der Waals surface area contributed by atoms with Gasteiger partial charge in [-0.05, 0) is 41.5 Å². The van der Waals surface area contributed by atoms with E-state index in [2.05, 4.69) is 6.07 Å². The lowest BCUT2D eigenvalue weighted by atomic mass is 9.84. The van der Waals surface area contributed by atoms with E-state index in [-0.39, 0.29) is 17.9 Å². The third kappa shape index (κ3) is 3.96. The van der Waals surface area contributed by atoms with Crippen LogP contribution in [0.2, 0.25) is 10.0 Å². The molecule has 2 aliphatic rings. The van der Waals surface area contributed by atoms with Crippen LogP contribution in [0.25, 0.3) is 5.57 Å². The van der Waals surface area contributed by atoms with Crippen molar-refractivity contribution in [1.82, 2.24) is 9.80 Å². The Labute approximate surface area is 202 Å². The summed E-state index contributed by atoms with van der Waals surface area (Å²) in [5.74, 6) is 0.292. The first-order valence-electron chi connectivity index (χ1n) is 10.5. The fourth-order valence-corrected chi connectivity index (χ4v) is 5.48. The van der Waals surface area contributed by atoms with Crippen LogP contribution < -0.4 is 0 Å². The Morgan fingerprint density at radius 3 is 2.42 bits per heavy atom. The maximum absolute atomic E-state index is 13.8. The number of benzene rings is 2. The van der Waals surface area contributed by atoms with Crippen molar-refractivity contribution in [3.63, 3.8) is 0 Å². The Kier molecular flexibility index (Phi) is 6.13. The minimum absolute atomic E-state index is 0.0630. The lowest BCUT2D eigenvalue weighted by Gasteiger charge is -2.34. The number of hydrogen-bond donors (Lipinski definition) is 0. The zero-order valence-corrected chi connectivity index (χ0v) is 20.1. The van der Waals surface area contributed by atoms with Gasteiger partial charge in [0.1, 0.15) is 11.3 Å². The van der Waals surface area contributed by atoms with Gasteiger partial charge < -0.3 is 14.5 Å². The lowest BCUT2D eigenvalue weighted by Crippen LogP contribution is -2.45. The molecule has 0 radical (unpaired) electrons. The summed E-state index contributed by atoms with van der Waals surface area (Å²) in [7, 11) is 3.31. The molecule has 1 fully saturated rings. The van der Waals surface area contributed by atoms with Crippen LogP contribution in [0, 0.1) is 11.3 Å². The molecule has 0 bridgehead atoms. The molecule has 0 aromatic heterocycles. The summed E-state index contributed by atoms with van der Waals surface area (Å²) in [6, 6.07) is 14.3.